The Kier molecular flexibility index (Phi) is 7.88. The summed E-state index contributed by atoms with van der Waals surface area (Å²) in [5, 5.41) is 7.34. The quantitative estimate of drug-likeness (QED) is 0.425. The minimum absolute atomic E-state index is 0.0557. The van der Waals surface area contributed by atoms with Gasteiger partial charge in [-0.25, -0.2) is 21.9 Å². The number of nitrogens with one attached hydrogen (secondary N) is 2. The van der Waals surface area contributed by atoms with Crippen molar-refractivity contribution in [3.8, 4) is 0 Å². The molecule has 34 heavy (non-hydrogen) atoms. The van der Waals surface area contributed by atoms with E-state index >= 15 is 0 Å². The fraction of sp³-hybridized carbons (Fsp3) is 0.273. The number of rotatable bonds is 8. The molecule has 3 amide bonds. The summed E-state index contributed by atoms with van der Waals surface area (Å²) in [6.45, 7) is 7.95. The van der Waals surface area contributed by atoms with E-state index in [9.17, 15) is 31.6 Å². The molecule has 1 atom stereocenters. The number of carbonyl (C=O) groups is 3. The summed E-state index contributed by atoms with van der Waals surface area (Å²) in [7, 11) is -4.16. The first-order valence-electron chi connectivity index (χ1n) is 9.90. The number of benzene rings is 1. The molecule has 1 aliphatic rings. The average molecular weight is 495 g/mol. The van der Waals surface area contributed by atoms with Crippen molar-refractivity contribution in [2.45, 2.75) is 38.5 Å². The Morgan fingerprint density at radius 3 is 2.47 bits per heavy atom. The molecule has 1 aromatic carbocycles. The third kappa shape index (κ3) is 6.22. The van der Waals surface area contributed by atoms with Crippen LogP contribution in [0.3, 0.4) is 0 Å². The molecule has 1 aromatic rings. The Bertz CT molecular complexity index is 1230. The monoisotopic (exact) mass is 494 g/mol. The van der Waals surface area contributed by atoms with Crippen molar-refractivity contribution >= 4 is 39.1 Å². The van der Waals surface area contributed by atoms with Crippen LogP contribution in [0.15, 0.2) is 70.3 Å². The number of amides is 3. The third-order valence-corrected chi connectivity index (χ3v) is 5.97. The van der Waals surface area contributed by atoms with Crippen LogP contribution in [0.4, 0.5) is 14.5 Å². The summed E-state index contributed by atoms with van der Waals surface area (Å²) in [5.74, 6) is -6.88. The number of nitrogens with zero attached hydrogens (tertiary/aromatic N) is 2. The molecular formula is C22H24F2N4O5S. The highest BCUT2D eigenvalue weighted by atomic mass is 32.2. The van der Waals surface area contributed by atoms with E-state index in [1.54, 1.807) is 0 Å². The minimum atomic E-state index is -4.16. The van der Waals surface area contributed by atoms with E-state index in [1.807, 2.05) is 4.72 Å². The van der Waals surface area contributed by atoms with Gasteiger partial charge >= 0.3 is 0 Å². The van der Waals surface area contributed by atoms with E-state index in [4.69, 9.17) is 0 Å². The first kappa shape index (κ1) is 26.6. The largest absolute Gasteiger partial charge is 0.329 e. The Morgan fingerprint density at radius 1 is 1.26 bits per heavy atom. The molecule has 0 aromatic heterocycles. The van der Waals surface area contributed by atoms with E-state index in [0.29, 0.717) is 6.92 Å². The lowest BCUT2D eigenvalue weighted by molar-refractivity contribution is -0.129. The first-order valence-corrected chi connectivity index (χ1v) is 11.4. The van der Waals surface area contributed by atoms with Crippen LogP contribution in [0, 0.1) is 5.92 Å². The van der Waals surface area contributed by atoms with Gasteiger partial charge in [-0.15, -0.1) is 0 Å². The number of halogens is 2. The molecule has 2 N–H and O–H groups in total. The third-order valence-electron chi connectivity index (χ3n) is 4.54. The average Bonchev–Trinajstić information content (AvgIpc) is 3.00. The second-order valence-electron chi connectivity index (χ2n) is 7.55. The summed E-state index contributed by atoms with van der Waals surface area (Å²) in [4.78, 5) is 36.5. The van der Waals surface area contributed by atoms with Gasteiger partial charge in [0, 0.05) is 25.1 Å². The lowest BCUT2D eigenvalue weighted by atomic mass is 10.0. The van der Waals surface area contributed by atoms with Gasteiger partial charge in [-0.1, -0.05) is 24.8 Å². The van der Waals surface area contributed by atoms with Gasteiger partial charge in [-0.3, -0.25) is 14.4 Å². The van der Waals surface area contributed by atoms with Gasteiger partial charge < -0.3 is 5.32 Å². The van der Waals surface area contributed by atoms with Gasteiger partial charge in [-0.05, 0) is 38.1 Å². The molecule has 0 spiro atoms. The van der Waals surface area contributed by atoms with E-state index in [0.717, 1.165) is 30.2 Å². The van der Waals surface area contributed by atoms with Gasteiger partial charge in [-0.2, -0.15) is 10.1 Å². The van der Waals surface area contributed by atoms with E-state index in [2.05, 4.69) is 17.0 Å². The van der Waals surface area contributed by atoms with Crippen LogP contribution < -0.4 is 15.0 Å². The van der Waals surface area contributed by atoms with Crippen molar-refractivity contribution in [3.63, 3.8) is 0 Å². The molecule has 182 valence electrons. The summed E-state index contributed by atoms with van der Waals surface area (Å²) < 4.78 is 53.7. The molecule has 2 rings (SSSR count). The first-order chi connectivity index (χ1) is 15.7. The van der Waals surface area contributed by atoms with Crippen molar-refractivity contribution in [2.75, 3.05) is 5.01 Å². The Hall–Kier alpha value is -3.67. The standard InChI is InChI=1S/C22H24F2N4O5S/c1-6-8-16(22(5,23)24)11-13(2)25-20(30)19-14(3)26-28(21(19)31)17-9-7-10-18(12-17)34(32,33)27-15(4)29/h6-12,19H,1H2,2-5H3,(H,25,30)(H,27,29)/b13-11+,16-8+. The number of hydrogen-bond acceptors (Lipinski definition) is 6. The zero-order valence-corrected chi connectivity index (χ0v) is 19.7. The molecular weight excluding hydrogens is 470 g/mol. The van der Waals surface area contributed by atoms with Gasteiger partial charge in [0.25, 0.3) is 21.9 Å². The molecule has 0 radical (unpaired) electrons. The molecule has 0 saturated heterocycles. The van der Waals surface area contributed by atoms with E-state index < -0.39 is 39.6 Å². The predicted octanol–water partition coefficient (Wildman–Crippen LogP) is 2.64. The normalized spacial score (nSPS) is 17.4. The summed E-state index contributed by atoms with van der Waals surface area (Å²) in [6, 6.07) is 5.10. The predicted molar refractivity (Wildman–Crippen MR) is 122 cm³/mol. The Balaban J connectivity index is 2.28. The molecule has 12 heteroatoms. The minimum Gasteiger partial charge on any atom is -0.329 e. The number of allylic oxidation sites excluding steroid dienone is 5. The Morgan fingerprint density at radius 2 is 1.91 bits per heavy atom. The van der Waals surface area contributed by atoms with Crippen molar-refractivity contribution in [3.05, 3.63) is 60.3 Å². The van der Waals surface area contributed by atoms with Crippen molar-refractivity contribution in [1.29, 1.82) is 0 Å². The maximum absolute atomic E-state index is 13.7. The van der Waals surface area contributed by atoms with E-state index in [-0.39, 0.29) is 27.6 Å². The van der Waals surface area contributed by atoms with Gasteiger partial charge in [0.15, 0.2) is 5.92 Å². The van der Waals surface area contributed by atoms with Crippen LogP contribution >= 0.6 is 0 Å². The van der Waals surface area contributed by atoms with E-state index in [1.165, 1.54) is 38.1 Å². The smallest absolute Gasteiger partial charge is 0.270 e. The van der Waals surface area contributed by atoms with Crippen molar-refractivity contribution < 1.29 is 31.6 Å². The topological polar surface area (TPSA) is 125 Å². The maximum atomic E-state index is 13.7. The number of sulfonamides is 1. The van der Waals surface area contributed by atoms with Crippen molar-refractivity contribution in [1.82, 2.24) is 10.0 Å². The summed E-state index contributed by atoms with van der Waals surface area (Å²) in [6.07, 6.45) is 3.36. The second-order valence-corrected chi connectivity index (χ2v) is 9.23. The fourth-order valence-electron chi connectivity index (χ4n) is 3.07. The molecule has 0 fully saturated rings. The van der Waals surface area contributed by atoms with Crippen LogP contribution in [0.5, 0.6) is 0 Å². The zero-order valence-electron chi connectivity index (χ0n) is 18.9. The number of anilines is 1. The number of hydrogen-bond donors (Lipinski definition) is 2. The number of hydrazone groups is 1. The SMILES string of the molecule is C=C/C=C(\C=C(/C)NC(=O)C1C(=O)N(c2cccc(S(=O)(=O)NC(C)=O)c2)N=C1C)C(C)(F)F. The van der Waals surface area contributed by atoms with Crippen LogP contribution in [-0.2, 0) is 24.4 Å². The second kappa shape index (κ2) is 10.1. The molecule has 1 aliphatic heterocycles. The lowest BCUT2D eigenvalue weighted by Gasteiger charge is -2.16. The van der Waals surface area contributed by atoms with Gasteiger partial charge in [0.1, 0.15) is 0 Å². The number of alkyl halides is 2. The molecule has 9 nitrogen and oxygen atoms in total. The van der Waals surface area contributed by atoms with Crippen molar-refractivity contribution in [2.24, 2.45) is 11.0 Å². The van der Waals surface area contributed by atoms with Crippen LogP contribution in [0.25, 0.3) is 0 Å². The van der Waals surface area contributed by atoms with Crippen LogP contribution in [0.1, 0.15) is 27.7 Å². The van der Waals surface area contributed by atoms with Gasteiger partial charge in [0.2, 0.25) is 11.8 Å². The van der Waals surface area contributed by atoms with Crippen LogP contribution in [0.2, 0.25) is 0 Å². The van der Waals surface area contributed by atoms with Gasteiger partial charge in [0.05, 0.1) is 16.3 Å². The fourth-order valence-corrected chi connectivity index (χ4v) is 4.10. The summed E-state index contributed by atoms with van der Waals surface area (Å²) in [5.41, 5.74) is -0.141. The highest BCUT2D eigenvalue weighted by Crippen LogP contribution is 2.27. The molecule has 0 bridgehead atoms. The molecule has 0 saturated carbocycles. The Labute approximate surface area is 195 Å². The maximum Gasteiger partial charge on any atom is 0.270 e. The molecule has 1 unspecified atom stereocenters. The number of carbonyl (C=O) groups excluding carboxylic acids is 3. The lowest BCUT2D eigenvalue weighted by Crippen LogP contribution is -2.39. The summed E-state index contributed by atoms with van der Waals surface area (Å²) >= 11 is 0. The zero-order chi connectivity index (χ0) is 25.8. The highest BCUT2D eigenvalue weighted by molar-refractivity contribution is 7.90. The highest BCUT2D eigenvalue weighted by Gasteiger charge is 2.40. The molecule has 0 aliphatic carbocycles. The van der Waals surface area contributed by atoms with Crippen LogP contribution in [-0.4, -0.2) is 37.8 Å². The molecule has 1 heterocycles.